The Bertz CT molecular complexity index is 648. The van der Waals surface area contributed by atoms with Crippen LogP contribution in [0.3, 0.4) is 0 Å². The number of carbonyl (C=O) groups is 1. The monoisotopic (exact) mass is 341 g/mol. The zero-order valence-electron chi connectivity index (χ0n) is 13.5. The van der Waals surface area contributed by atoms with E-state index in [0.29, 0.717) is 37.9 Å². The summed E-state index contributed by atoms with van der Waals surface area (Å²) in [6, 6.07) is 2.87. The molecule has 1 aliphatic heterocycles. The third kappa shape index (κ3) is 4.90. The molecule has 1 aliphatic rings. The first-order valence-corrected chi connectivity index (χ1v) is 9.55. The van der Waals surface area contributed by atoms with Gasteiger partial charge in [-0.15, -0.1) is 0 Å². The van der Waals surface area contributed by atoms with Crippen molar-refractivity contribution in [3.8, 4) is 0 Å². The largest absolute Gasteiger partial charge is 0.381 e. The molecule has 1 unspecified atom stereocenters. The van der Waals surface area contributed by atoms with Gasteiger partial charge in [-0.1, -0.05) is 0 Å². The van der Waals surface area contributed by atoms with Crippen LogP contribution in [0, 0.1) is 5.92 Å². The van der Waals surface area contributed by atoms with E-state index in [4.69, 9.17) is 4.74 Å². The normalized spacial score (nSPS) is 18.2. The number of nitrogens with one attached hydrogen (secondary N) is 1. The van der Waals surface area contributed by atoms with Crippen molar-refractivity contribution in [3.63, 3.8) is 0 Å². The minimum atomic E-state index is -3.36. The predicted molar refractivity (Wildman–Crippen MR) is 85.8 cm³/mol. The number of rotatable bonds is 6. The molecule has 7 nitrogen and oxygen atoms in total. The van der Waals surface area contributed by atoms with Crippen molar-refractivity contribution in [2.75, 3.05) is 32.6 Å². The van der Waals surface area contributed by atoms with Crippen LogP contribution < -0.4 is 5.32 Å². The summed E-state index contributed by atoms with van der Waals surface area (Å²) in [6.45, 7) is 4.73. The Morgan fingerprint density at radius 1 is 1.52 bits per heavy atom. The smallest absolute Gasteiger partial charge is 0.317 e. The maximum atomic E-state index is 12.2. The molecule has 0 aromatic carbocycles. The lowest BCUT2D eigenvalue weighted by Gasteiger charge is -2.17. The summed E-state index contributed by atoms with van der Waals surface area (Å²) in [5.74, 6) is 0.363. The maximum Gasteiger partial charge on any atom is 0.317 e. The molecule has 1 saturated heterocycles. The Morgan fingerprint density at radius 3 is 3.00 bits per heavy atom. The topological polar surface area (TPSA) is 88.6 Å². The molecule has 0 spiro atoms. The summed E-state index contributed by atoms with van der Waals surface area (Å²) in [5, 5.41) is 2.75. The van der Waals surface area contributed by atoms with Crippen molar-refractivity contribution in [2.24, 2.45) is 5.92 Å². The maximum absolute atomic E-state index is 12.2. The molecular weight excluding hydrogens is 318 g/mol. The number of ether oxygens (including phenoxy) is 1. The molecule has 0 radical (unpaired) electrons. The minimum Gasteiger partial charge on any atom is -0.381 e. The number of aromatic nitrogens is 1. The van der Waals surface area contributed by atoms with Gasteiger partial charge in [0.15, 0.2) is 9.84 Å². The van der Waals surface area contributed by atoms with Gasteiger partial charge in [-0.25, -0.2) is 13.2 Å². The molecule has 0 aliphatic carbocycles. The molecule has 2 rings (SSSR count). The van der Waals surface area contributed by atoms with Crippen molar-refractivity contribution in [3.05, 3.63) is 24.0 Å². The molecule has 2 amide bonds. The van der Waals surface area contributed by atoms with E-state index in [9.17, 15) is 13.2 Å². The highest BCUT2D eigenvalue weighted by Gasteiger charge is 2.26. The predicted octanol–water partition coefficient (Wildman–Crippen LogP) is 1.05. The van der Waals surface area contributed by atoms with E-state index in [2.05, 4.69) is 10.3 Å². The Kier molecular flexibility index (Phi) is 5.95. The molecule has 1 atom stereocenters. The van der Waals surface area contributed by atoms with Gasteiger partial charge in [0.25, 0.3) is 0 Å². The van der Waals surface area contributed by atoms with Gasteiger partial charge < -0.3 is 15.0 Å². The summed E-state index contributed by atoms with van der Waals surface area (Å²) in [5.41, 5.74) is 0.355. The molecule has 0 saturated carbocycles. The zero-order valence-corrected chi connectivity index (χ0v) is 14.3. The number of nitrogens with zero attached hydrogens (tertiary/aromatic N) is 2. The van der Waals surface area contributed by atoms with Gasteiger partial charge in [-0.05, 0) is 25.5 Å². The molecule has 23 heavy (non-hydrogen) atoms. The van der Waals surface area contributed by atoms with Crippen LogP contribution in [0.4, 0.5) is 4.79 Å². The second-order valence-electron chi connectivity index (χ2n) is 5.64. The molecule has 8 heteroatoms. The highest BCUT2D eigenvalue weighted by molar-refractivity contribution is 7.90. The second kappa shape index (κ2) is 7.74. The fraction of sp³-hybridized carbons (Fsp3) is 0.600. The second-order valence-corrected chi connectivity index (χ2v) is 7.62. The van der Waals surface area contributed by atoms with Crippen molar-refractivity contribution < 1.29 is 17.9 Å². The van der Waals surface area contributed by atoms with Crippen LogP contribution in [0.15, 0.2) is 23.2 Å². The number of sulfone groups is 1. The molecule has 2 heterocycles. The van der Waals surface area contributed by atoms with Gasteiger partial charge in [0.2, 0.25) is 0 Å². The summed E-state index contributed by atoms with van der Waals surface area (Å²) in [4.78, 5) is 18.1. The van der Waals surface area contributed by atoms with Gasteiger partial charge in [0, 0.05) is 38.1 Å². The summed E-state index contributed by atoms with van der Waals surface area (Å²) in [6.07, 6.45) is 3.57. The molecular formula is C15H23N3O4S. The van der Waals surface area contributed by atoms with Gasteiger partial charge in [0.05, 0.1) is 23.7 Å². The van der Waals surface area contributed by atoms with E-state index in [1.165, 1.54) is 12.3 Å². The van der Waals surface area contributed by atoms with Crippen molar-refractivity contribution in [1.82, 2.24) is 15.2 Å². The number of pyridine rings is 1. The van der Waals surface area contributed by atoms with Gasteiger partial charge in [-0.2, -0.15) is 0 Å². The lowest BCUT2D eigenvalue weighted by atomic mass is 10.1. The zero-order chi connectivity index (χ0) is 16.9. The van der Waals surface area contributed by atoms with E-state index in [1.807, 2.05) is 6.92 Å². The molecule has 1 aromatic rings. The average molecular weight is 341 g/mol. The van der Waals surface area contributed by atoms with Crippen LogP contribution in [-0.2, 0) is 21.1 Å². The fourth-order valence-electron chi connectivity index (χ4n) is 2.60. The van der Waals surface area contributed by atoms with Crippen LogP contribution in [-0.4, -0.2) is 56.9 Å². The van der Waals surface area contributed by atoms with Crippen LogP contribution in [0.25, 0.3) is 0 Å². The van der Waals surface area contributed by atoms with Crippen LogP contribution in [0.2, 0.25) is 0 Å². The van der Waals surface area contributed by atoms with Crippen molar-refractivity contribution in [2.45, 2.75) is 24.8 Å². The number of urea groups is 1. The molecule has 1 aromatic heterocycles. The van der Waals surface area contributed by atoms with Crippen molar-refractivity contribution in [1.29, 1.82) is 0 Å². The van der Waals surface area contributed by atoms with E-state index < -0.39 is 9.84 Å². The first-order chi connectivity index (χ1) is 10.9. The Morgan fingerprint density at radius 2 is 2.30 bits per heavy atom. The first kappa shape index (κ1) is 17.7. The van der Waals surface area contributed by atoms with Gasteiger partial charge in [-0.3, -0.25) is 4.98 Å². The quantitative estimate of drug-likeness (QED) is 0.835. The summed E-state index contributed by atoms with van der Waals surface area (Å²) < 4.78 is 28.8. The number of amides is 2. The minimum absolute atomic E-state index is 0.0920. The lowest BCUT2D eigenvalue weighted by Crippen LogP contribution is -2.38. The van der Waals surface area contributed by atoms with E-state index in [1.54, 1.807) is 11.0 Å². The molecule has 1 fully saturated rings. The Hall–Kier alpha value is -1.67. The number of likely N-dealkylation sites (tertiary alicyclic amines) is 1. The van der Waals surface area contributed by atoms with E-state index in [0.717, 1.165) is 12.7 Å². The molecule has 0 bridgehead atoms. The van der Waals surface area contributed by atoms with E-state index in [-0.39, 0.29) is 17.5 Å². The number of hydrogen-bond donors (Lipinski definition) is 1. The van der Waals surface area contributed by atoms with Gasteiger partial charge >= 0.3 is 6.03 Å². The Balaban J connectivity index is 1.91. The lowest BCUT2D eigenvalue weighted by molar-refractivity contribution is 0.113. The van der Waals surface area contributed by atoms with Crippen LogP contribution in [0.5, 0.6) is 0 Å². The summed E-state index contributed by atoms with van der Waals surface area (Å²) >= 11 is 0. The summed E-state index contributed by atoms with van der Waals surface area (Å²) in [7, 11) is -3.36. The fourth-order valence-corrected chi connectivity index (χ4v) is 3.48. The SMILES string of the molecule is CCOCC1CCN(C(=O)NCc2ncccc2S(C)(=O)=O)C1. The van der Waals surface area contributed by atoms with Gasteiger partial charge in [0.1, 0.15) is 0 Å². The number of hydrogen-bond acceptors (Lipinski definition) is 5. The third-order valence-electron chi connectivity index (χ3n) is 3.79. The third-order valence-corrected chi connectivity index (χ3v) is 4.96. The van der Waals surface area contributed by atoms with Crippen LogP contribution >= 0.6 is 0 Å². The highest BCUT2D eigenvalue weighted by Crippen LogP contribution is 2.17. The van der Waals surface area contributed by atoms with Crippen molar-refractivity contribution >= 4 is 15.9 Å². The standard InChI is InChI=1S/C15H23N3O4S/c1-3-22-11-12-6-8-18(10-12)15(19)17-9-13-14(23(2,20)21)5-4-7-16-13/h4-5,7,12H,3,6,8-11H2,1-2H3,(H,17,19). The average Bonchev–Trinajstić information content (AvgIpc) is 2.99. The molecule has 128 valence electrons. The molecule has 1 N–H and O–H groups in total. The number of carbonyl (C=O) groups excluding carboxylic acids is 1. The highest BCUT2D eigenvalue weighted by atomic mass is 32.2. The van der Waals surface area contributed by atoms with Crippen LogP contribution in [0.1, 0.15) is 19.0 Å². The first-order valence-electron chi connectivity index (χ1n) is 7.66. The Labute approximate surface area is 137 Å². The van der Waals surface area contributed by atoms with E-state index >= 15 is 0 Å².